The molecule has 0 aromatic heterocycles. The Kier molecular flexibility index (Phi) is 2.57. The Morgan fingerprint density at radius 1 is 1.27 bits per heavy atom. The van der Waals surface area contributed by atoms with Crippen molar-refractivity contribution in [3.05, 3.63) is 34.9 Å². The number of nitrogens with two attached hydrogens (primary N) is 1. The Labute approximate surface area is 91.1 Å². The van der Waals surface area contributed by atoms with Gasteiger partial charge in [0.25, 0.3) is 0 Å². The lowest BCUT2D eigenvalue weighted by Gasteiger charge is -2.42. The van der Waals surface area contributed by atoms with Gasteiger partial charge in [-0.25, -0.2) is 0 Å². The van der Waals surface area contributed by atoms with E-state index in [0.717, 1.165) is 19.3 Å². The zero-order chi connectivity index (χ0) is 11.1. The highest BCUT2D eigenvalue weighted by molar-refractivity contribution is 5.30. The molecule has 1 fully saturated rings. The van der Waals surface area contributed by atoms with E-state index in [1.807, 2.05) is 0 Å². The Morgan fingerprint density at radius 3 is 2.27 bits per heavy atom. The van der Waals surface area contributed by atoms with Gasteiger partial charge in [-0.3, -0.25) is 0 Å². The number of aliphatic hydroxyl groups is 1. The van der Waals surface area contributed by atoms with Crippen LogP contribution in [-0.2, 0) is 6.42 Å². The summed E-state index contributed by atoms with van der Waals surface area (Å²) in [5, 5.41) is 10.1. The van der Waals surface area contributed by atoms with Gasteiger partial charge in [0.2, 0.25) is 0 Å². The van der Waals surface area contributed by atoms with Crippen molar-refractivity contribution in [3.8, 4) is 0 Å². The summed E-state index contributed by atoms with van der Waals surface area (Å²) in [5.74, 6) is 0. The molecule has 1 aliphatic rings. The molecule has 3 N–H and O–H groups in total. The highest BCUT2D eigenvalue weighted by atomic mass is 16.3. The van der Waals surface area contributed by atoms with Gasteiger partial charge in [0.15, 0.2) is 0 Å². The molecule has 2 heteroatoms. The standard InChI is InChI=1S/C13H19NO/c1-9-3-10(2)5-11(4-9)6-13(15)7-12(14)8-13/h3-5,12,15H,6-8,14H2,1-2H3. The van der Waals surface area contributed by atoms with Gasteiger partial charge in [-0.05, 0) is 32.3 Å². The van der Waals surface area contributed by atoms with E-state index in [2.05, 4.69) is 32.0 Å². The predicted octanol–water partition coefficient (Wildman–Crippen LogP) is 1.70. The van der Waals surface area contributed by atoms with Crippen LogP contribution >= 0.6 is 0 Å². The maximum atomic E-state index is 10.1. The SMILES string of the molecule is Cc1cc(C)cc(CC2(O)CC(N)C2)c1. The highest BCUT2D eigenvalue weighted by Crippen LogP contribution is 2.34. The monoisotopic (exact) mass is 205 g/mol. The molecule has 0 saturated heterocycles. The van der Waals surface area contributed by atoms with E-state index in [1.165, 1.54) is 16.7 Å². The fourth-order valence-corrected chi connectivity index (χ4v) is 2.61. The summed E-state index contributed by atoms with van der Waals surface area (Å²) in [6.07, 6.45) is 2.21. The quantitative estimate of drug-likeness (QED) is 0.772. The Balaban J connectivity index is 2.11. The summed E-state index contributed by atoms with van der Waals surface area (Å²) in [5.41, 5.74) is 8.91. The summed E-state index contributed by atoms with van der Waals surface area (Å²) in [7, 11) is 0. The van der Waals surface area contributed by atoms with Gasteiger partial charge >= 0.3 is 0 Å². The maximum Gasteiger partial charge on any atom is 0.0717 e. The van der Waals surface area contributed by atoms with Gasteiger partial charge < -0.3 is 10.8 Å². The first kappa shape index (κ1) is 10.7. The van der Waals surface area contributed by atoms with Gasteiger partial charge in [0.05, 0.1) is 5.60 Å². The van der Waals surface area contributed by atoms with Crippen LogP contribution in [0.1, 0.15) is 29.5 Å². The topological polar surface area (TPSA) is 46.2 Å². The van der Waals surface area contributed by atoms with Gasteiger partial charge in [0.1, 0.15) is 0 Å². The van der Waals surface area contributed by atoms with E-state index in [4.69, 9.17) is 5.73 Å². The highest BCUT2D eigenvalue weighted by Gasteiger charge is 2.40. The molecular weight excluding hydrogens is 186 g/mol. The van der Waals surface area contributed by atoms with E-state index < -0.39 is 5.60 Å². The van der Waals surface area contributed by atoms with E-state index >= 15 is 0 Å². The van der Waals surface area contributed by atoms with Crippen LogP contribution < -0.4 is 5.73 Å². The van der Waals surface area contributed by atoms with Crippen LogP contribution in [0.2, 0.25) is 0 Å². The molecule has 1 saturated carbocycles. The molecule has 0 bridgehead atoms. The molecule has 0 spiro atoms. The Morgan fingerprint density at radius 2 is 1.80 bits per heavy atom. The number of benzene rings is 1. The molecule has 2 nitrogen and oxygen atoms in total. The summed E-state index contributed by atoms with van der Waals surface area (Å²) in [6.45, 7) is 4.18. The van der Waals surface area contributed by atoms with Crippen molar-refractivity contribution in [1.29, 1.82) is 0 Å². The van der Waals surface area contributed by atoms with Crippen LogP contribution in [0, 0.1) is 13.8 Å². The fourth-order valence-electron chi connectivity index (χ4n) is 2.61. The Hall–Kier alpha value is -0.860. The largest absolute Gasteiger partial charge is 0.389 e. The number of hydrogen-bond acceptors (Lipinski definition) is 2. The van der Waals surface area contributed by atoms with Gasteiger partial charge in [-0.2, -0.15) is 0 Å². The summed E-state index contributed by atoms with van der Waals surface area (Å²) < 4.78 is 0. The normalized spacial score (nSPS) is 30.0. The fraction of sp³-hybridized carbons (Fsp3) is 0.538. The lowest BCUT2D eigenvalue weighted by molar-refractivity contribution is -0.0455. The average molecular weight is 205 g/mol. The van der Waals surface area contributed by atoms with Crippen molar-refractivity contribution in [1.82, 2.24) is 0 Å². The van der Waals surface area contributed by atoms with Crippen molar-refractivity contribution < 1.29 is 5.11 Å². The minimum Gasteiger partial charge on any atom is -0.389 e. The zero-order valence-corrected chi connectivity index (χ0v) is 9.46. The van der Waals surface area contributed by atoms with Crippen LogP contribution in [0.4, 0.5) is 0 Å². The lowest BCUT2D eigenvalue weighted by atomic mass is 9.72. The number of rotatable bonds is 2. The van der Waals surface area contributed by atoms with Crippen molar-refractivity contribution in [2.24, 2.45) is 5.73 Å². The number of hydrogen-bond donors (Lipinski definition) is 2. The second-order valence-corrected chi connectivity index (χ2v) is 5.07. The second-order valence-electron chi connectivity index (χ2n) is 5.07. The van der Waals surface area contributed by atoms with Crippen molar-refractivity contribution in [2.75, 3.05) is 0 Å². The molecule has 82 valence electrons. The molecule has 0 heterocycles. The Bertz CT molecular complexity index is 347. The first-order chi connectivity index (χ1) is 6.97. The molecule has 2 rings (SSSR count). The van der Waals surface area contributed by atoms with Crippen molar-refractivity contribution in [2.45, 2.75) is 44.8 Å². The minimum absolute atomic E-state index is 0.195. The molecule has 0 amide bonds. The summed E-state index contributed by atoms with van der Waals surface area (Å²) in [4.78, 5) is 0. The zero-order valence-electron chi connectivity index (χ0n) is 9.46. The van der Waals surface area contributed by atoms with Crippen LogP contribution in [0.3, 0.4) is 0 Å². The smallest absolute Gasteiger partial charge is 0.0717 e. The third-order valence-corrected chi connectivity index (χ3v) is 3.10. The van der Waals surface area contributed by atoms with E-state index in [9.17, 15) is 5.11 Å². The maximum absolute atomic E-state index is 10.1. The number of aryl methyl sites for hydroxylation is 2. The first-order valence-corrected chi connectivity index (χ1v) is 5.52. The molecule has 1 aromatic rings. The van der Waals surface area contributed by atoms with E-state index in [1.54, 1.807) is 0 Å². The van der Waals surface area contributed by atoms with Crippen LogP contribution in [0.15, 0.2) is 18.2 Å². The van der Waals surface area contributed by atoms with Gasteiger partial charge in [-0.1, -0.05) is 29.3 Å². The van der Waals surface area contributed by atoms with Crippen LogP contribution in [-0.4, -0.2) is 16.7 Å². The van der Waals surface area contributed by atoms with Crippen molar-refractivity contribution >= 4 is 0 Å². The lowest BCUT2D eigenvalue weighted by Crippen LogP contribution is -2.52. The third-order valence-electron chi connectivity index (χ3n) is 3.10. The molecule has 1 aromatic carbocycles. The minimum atomic E-state index is -0.542. The van der Waals surface area contributed by atoms with Crippen molar-refractivity contribution in [3.63, 3.8) is 0 Å². The predicted molar refractivity (Wildman–Crippen MR) is 61.8 cm³/mol. The summed E-state index contributed by atoms with van der Waals surface area (Å²) >= 11 is 0. The van der Waals surface area contributed by atoms with E-state index in [-0.39, 0.29) is 6.04 Å². The molecule has 0 radical (unpaired) electrons. The van der Waals surface area contributed by atoms with Gasteiger partial charge in [0, 0.05) is 12.5 Å². The third kappa shape index (κ3) is 2.39. The molecule has 0 aliphatic heterocycles. The second kappa shape index (κ2) is 3.62. The molecule has 0 atom stereocenters. The first-order valence-electron chi connectivity index (χ1n) is 5.52. The molecular formula is C13H19NO. The summed E-state index contributed by atoms with van der Waals surface area (Å²) in [6, 6.07) is 6.64. The average Bonchev–Trinajstić information content (AvgIpc) is 1.97. The van der Waals surface area contributed by atoms with Crippen LogP contribution in [0.25, 0.3) is 0 Å². The molecule has 15 heavy (non-hydrogen) atoms. The molecule has 0 unspecified atom stereocenters. The van der Waals surface area contributed by atoms with E-state index in [0.29, 0.717) is 0 Å². The van der Waals surface area contributed by atoms with Crippen LogP contribution in [0.5, 0.6) is 0 Å². The van der Waals surface area contributed by atoms with Gasteiger partial charge in [-0.15, -0.1) is 0 Å². The molecule has 1 aliphatic carbocycles.